The molecule has 0 aliphatic carbocycles. The van der Waals surface area contributed by atoms with Crippen LogP contribution in [0.5, 0.6) is 0 Å². The molecule has 0 aliphatic heterocycles. The van der Waals surface area contributed by atoms with Crippen molar-refractivity contribution in [2.75, 3.05) is 5.73 Å². The van der Waals surface area contributed by atoms with Crippen LogP contribution in [0.3, 0.4) is 0 Å². The van der Waals surface area contributed by atoms with Crippen molar-refractivity contribution in [3.63, 3.8) is 0 Å². The fraction of sp³-hybridized carbons (Fsp3) is 0.500. The summed E-state index contributed by atoms with van der Waals surface area (Å²) in [6.07, 6.45) is -3.96. The smallest absolute Gasteiger partial charge is 0.382 e. The van der Waals surface area contributed by atoms with Gasteiger partial charge in [0, 0.05) is 5.25 Å². The molecule has 0 amide bonds. The highest BCUT2D eigenvalue weighted by molar-refractivity contribution is 7.99. The Morgan fingerprint density at radius 2 is 2.06 bits per heavy atom. The molecule has 98 valence electrons. The first-order valence-corrected chi connectivity index (χ1v) is 5.99. The zero-order chi connectivity index (χ0) is 13.9. The van der Waals surface area contributed by atoms with Gasteiger partial charge in [-0.2, -0.15) is 18.4 Å². The number of anilines is 1. The van der Waals surface area contributed by atoms with Gasteiger partial charge in [-0.15, -0.1) is 0 Å². The fourth-order valence-corrected chi connectivity index (χ4v) is 1.91. The van der Waals surface area contributed by atoms with Gasteiger partial charge in [0.05, 0.1) is 0 Å². The monoisotopic (exact) mass is 276 g/mol. The van der Waals surface area contributed by atoms with E-state index in [-0.39, 0.29) is 10.4 Å². The Labute approximate surface area is 106 Å². The maximum absolute atomic E-state index is 12.7. The van der Waals surface area contributed by atoms with Gasteiger partial charge in [0.1, 0.15) is 17.5 Å². The number of hydrogen-bond acceptors (Lipinski definition) is 5. The summed E-state index contributed by atoms with van der Waals surface area (Å²) in [6, 6.07) is 1.39. The van der Waals surface area contributed by atoms with E-state index in [9.17, 15) is 13.2 Å². The van der Waals surface area contributed by atoms with Gasteiger partial charge >= 0.3 is 6.18 Å². The van der Waals surface area contributed by atoms with E-state index in [1.165, 1.54) is 6.07 Å². The van der Waals surface area contributed by atoms with Gasteiger partial charge in [-0.05, 0) is 6.42 Å². The minimum atomic E-state index is -4.72. The standard InChI is InChI=1S/C10H11F3N4S/c1-3-5(2)18-9-16-7(10(11,12)13)6(4-14)8(15)17-9/h5H,3H2,1-2H3,(H2,15,16,17). The van der Waals surface area contributed by atoms with Gasteiger partial charge in [-0.25, -0.2) is 9.97 Å². The lowest BCUT2D eigenvalue weighted by molar-refractivity contribution is -0.141. The van der Waals surface area contributed by atoms with Crippen molar-refractivity contribution in [2.45, 2.75) is 36.9 Å². The molecule has 0 saturated carbocycles. The quantitative estimate of drug-likeness (QED) is 0.678. The van der Waals surface area contributed by atoms with Crippen LogP contribution in [0.1, 0.15) is 31.5 Å². The molecule has 1 rings (SSSR count). The van der Waals surface area contributed by atoms with Gasteiger partial charge in [0.2, 0.25) is 0 Å². The lowest BCUT2D eigenvalue weighted by Crippen LogP contribution is -2.15. The summed E-state index contributed by atoms with van der Waals surface area (Å²) in [5.41, 5.74) is 3.36. The highest BCUT2D eigenvalue weighted by atomic mass is 32.2. The van der Waals surface area contributed by atoms with Crippen LogP contribution in [0.15, 0.2) is 5.16 Å². The second-order valence-electron chi connectivity index (χ2n) is 3.56. The van der Waals surface area contributed by atoms with Crippen LogP contribution < -0.4 is 5.73 Å². The molecule has 1 heterocycles. The van der Waals surface area contributed by atoms with Crippen LogP contribution >= 0.6 is 11.8 Å². The third-order valence-corrected chi connectivity index (χ3v) is 3.31. The molecule has 0 bridgehead atoms. The molecule has 0 saturated heterocycles. The minimum absolute atomic E-state index is 0.0619. The molecule has 1 aromatic heterocycles. The van der Waals surface area contributed by atoms with Crippen molar-refractivity contribution >= 4 is 17.6 Å². The number of aromatic nitrogens is 2. The molecule has 0 aliphatic rings. The first kappa shape index (κ1) is 14.6. The first-order valence-electron chi connectivity index (χ1n) is 5.11. The Bertz CT molecular complexity index is 481. The van der Waals surface area contributed by atoms with Crippen molar-refractivity contribution in [1.82, 2.24) is 9.97 Å². The molecule has 4 nitrogen and oxygen atoms in total. The second-order valence-corrected chi connectivity index (χ2v) is 4.97. The topological polar surface area (TPSA) is 75.6 Å². The van der Waals surface area contributed by atoms with Crippen LogP contribution in [-0.2, 0) is 6.18 Å². The summed E-state index contributed by atoms with van der Waals surface area (Å²) in [5.74, 6) is -0.439. The summed E-state index contributed by atoms with van der Waals surface area (Å²) < 4.78 is 38.1. The van der Waals surface area contributed by atoms with E-state index in [4.69, 9.17) is 11.0 Å². The lowest BCUT2D eigenvalue weighted by atomic mass is 10.2. The predicted molar refractivity (Wildman–Crippen MR) is 61.8 cm³/mol. The largest absolute Gasteiger partial charge is 0.434 e. The number of nitrogen functional groups attached to an aromatic ring is 1. The van der Waals surface area contributed by atoms with Gasteiger partial charge < -0.3 is 5.73 Å². The molecule has 0 fully saturated rings. The molecule has 0 radical (unpaired) electrons. The SMILES string of the molecule is CCC(C)Sc1nc(N)c(C#N)c(C(F)(F)F)n1. The van der Waals surface area contributed by atoms with Gasteiger partial charge in [-0.1, -0.05) is 25.6 Å². The van der Waals surface area contributed by atoms with Crippen LogP contribution in [0, 0.1) is 11.3 Å². The number of nitriles is 1. The molecular formula is C10H11F3N4S. The molecule has 18 heavy (non-hydrogen) atoms. The van der Waals surface area contributed by atoms with Crippen LogP contribution in [0.25, 0.3) is 0 Å². The summed E-state index contributed by atoms with van der Waals surface area (Å²) in [7, 11) is 0. The zero-order valence-electron chi connectivity index (χ0n) is 9.75. The summed E-state index contributed by atoms with van der Waals surface area (Å²) in [6.45, 7) is 3.74. The number of hydrogen-bond donors (Lipinski definition) is 1. The van der Waals surface area contributed by atoms with E-state index < -0.39 is 23.3 Å². The highest BCUT2D eigenvalue weighted by Gasteiger charge is 2.37. The molecule has 2 N–H and O–H groups in total. The van der Waals surface area contributed by atoms with Crippen molar-refractivity contribution in [3.8, 4) is 6.07 Å². The molecule has 8 heteroatoms. The number of halogens is 3. The van der Waals surface area contributed by atoms with E-state index in [0.29, 0.717) is 0 Å². The van der Waals surface area contributed by atoms with Crippen molar-refractivity contribution in [3.05, 3.63) is 11.3 Å². The third-order valence-electron chi connectivity index (χ3n) is 2.18. The third kappa shape index (κ3) is 3.26. The fourth-order valence-electron chi connectivity index (χ4n) is 1.09. The molecule has 1 atom stereocenters. The average molecular weight is 276 g/mol. The van der Waals surface area contributed by atoms with Crippen LogP contribution in [0.4, 0.5) is 19.0 Å². The van der Waals surface area contributed by atoms with Gasteiger partial charge in [-0.3, -0.25) is 0 Å². The van der Waals surface area contributed by atoms with E-state index >= 15 is 0 Å². The second kappa shape index (κ2) is 5.44. The first-order chi connectivity index (χ1) is 8.29. The summed E-state index contributed by atoms with van der Waals surface area (Å²) in [5, 5.41) is 8.67. The van der Waals surface area contributed by atoms with Crippen molar-refractivity contribution in [1.29, 1.82) is 5.26 Å². The summed E-state index contributed by atoms with van der Waals surface area (Å²) >= 11 is 1.10. The highest BCUT2D eigenvalue weighted by Crippen LogP contribution is 2.34. The van der Waals surface area contributed by atoms with Crippen LogP contribution in [-0.4, -0.2) is 15.2 Å². The Kier molecular flexibility index (Phi) is 4.40. The maximum atomic E-state index is 12.7. The normalized spacial score (nSPS) is 13.1. The number of alkyl halides is 3. The Morgan fingerprint density at radius 3 is 2.50 bits per heavy atom. The number of nitrogens with two attached hydrogens (primary N) is 1. The van der Waals surface area contributed by atoms with E-state index in [0.717, 1.165) is 18.2 Å². The van der Waals surface area contributed by atoms with Crippen molar-refractivity contribution < 1.29 is 13.2 Å². The lowest BCUT2D eigenvalue weighted by Gasteiger charge is -2.12. The van der Waals surface area contributed by atoms with E-state index in [1.807, 2.05) is 13.8 Å². The van der Waals surface area contributed by atoms with Gasteiger partial charge in [0.15, 0.2) is 10.9 Å². The number of nitrogens with zero attached hydrogens (tertiary/aromatic N) is 3. The Hall–Kier alpha value is -1.49. The molecule has 0 spiro atoms. The summed E-state index contributed by atoms with van der Waals surface area (Å²) in [4.78, 5) is 7.10. The Balaban J connectivity index is 3.28. The maximum Gasteiger partial charge on any atom is 0.434 e. The van der Waals surface area contributed by atoms with Crippen LogP contribution in [0.2, 0.25) is 0 Å². The minimum Gasteiger partial charge on any atom is -0.382 e. The molecule has 1 unspecified atom stereocenters. The number of thioether (sulfide) groups is 1. The molecule has 0 aromatic carbocycles. The Morgan fingerprint density at radius 1 is 1.44 bits per heavy atom. The average Bonchev–Trinajstić information content (AvgIpc) is 2.27. The molecule has 1 aromatic rings. The molecular weight excluding hydrogens is 265 g/mol. The zero-order valence-corrected chi connectivity index (χ0v) is 10.6. The van der Waals surface area contributed by atoms with Crippen molar-refractivity contribution in [2.24, 2.45) is 0 Å². The van der Waals surface area contributed by atoms with Gasteiger partial charge in [0.25, 0.3) is 0 Å². The van der Waals surface area contributed by atoms with E-state index in [2.05, 4.69) is 9.97 Å². The van der Waals surface area contributed by atoms with E-state index in [1.54, 1.807) is 0 Å². The predicted octanol–water partition coefficient (Wildman–Crippen LogP) is 2.84. The number of rotatable bonds is 3.